The summed E-state index contributed by atoms with van der Waals surface area (Å²) in [5.74, 6) is 0. The molecule has 0 N–H and O–H groups in total. The Kier molecular flexibility index (Phi) is 2.80. The van der Waals surface area contributed by atoms with E-state index in [-0.39, 0.29) is 5.04 Å². The summed E-state index contributed by atoms with van der Waals surface area (Å²) in [6, 6.07) is 0. The summed E-state index contributed by atoms with van der Waals surface area (Å²) in [7, 11) is 0. The maximum atomic E-state index is 5.98. The van der Waals surface area contributed by atoms with E-state index in [1.807, 2.05) is 20.8 Å². The zero-order valence-corrected chi connectivity index (χ0v) is 8.55. The topological polar surface area (TPSA) is 0 Å². The number of halogens is 2. The van der Waals surface area contributed by atoms with E-state index >= 15 is 0 Å². The molecule has 0 aromatic carbocycles. The minimum atomic E-state index is -2.17. The molecule has 0 atom stereocenters. The highest BCUT2D eigenvalue weighted by Crippen LogP contribution is 2.42. The molecular formula is C6H12Cl2Si. The zero-order valence-electron chi connectivity index (χ0n) is 6.04. The molecule has 0 aliphatic rings. The number of hydrogen-bond donors (Lipinski definition) is 0. The summed E-state index contributed by atoms with van der Waals surface area (Å²) in [5, 5.41) is -0.00212. The molecule has 54 valence electrons. The number of hydrogen-bond acceptors (Lipinski definition) is 0. The Labute approximate surface area is 67.3 Å². The summed E-state index contributed by atoms with van der Waals surface area (Å²) in [4.78, 5) is 0. The van der Waals surface area contributed by atoms with Crippen molar-refractivity contribution in [3.05, 3.63) is 12.3 Å². The Morgan fingerprint density at radius 3 is 1.67 bits per heavy atom. The van der Waals surface area contributed by atoms with Crippen molar-refractivity contribution in [3.8, 4) is 0 Å². The van der Waals surface area contributed by atoms with Gasteiger partial charge >= 0.3 is 0 Å². The van der Waals surface area contributed by atoms with Crippen LogP contribution < -0.4 is 0 Å². The third kappa shape index (κ3) is 2.32. The van der Waals surface area contributed by atoms with Gasteiger partial charge in [-0.3, -0.25) is 0 Å². The quantitative estimate of drug-likeness (QED) is 0.431. The largest absolute Gasteiger partial charge is 0.278 e. The molecule has 3 heteroatoms. The Balaban J connectivity index is 4.32. The van der Waals surface area contributed by atoms with Crippen LogP contribution >= 0.6 is 22.2 Å². The van der Waals surface area contributed by atoms with Gasteiger partial charge in [0.05, 0.1) is 0 Å². The SMILES string of the molecule is C=C[Si](Cl)(Cl)C(C)(C)C. The predicted octanol–water partition coefficient (Wildman–Crippen LogP) is 3.43. The van der Waals surface area contributed by atoms with Crippen LogP contribution in [0.15, 0.2) is 12.3 Å². The average molecular weight is 183 g/mol. The van der Waals surface area contributed by atoms with Gasteiger partial charge in [-0.05, 0) is 5.04 Å². The minimum Gasteiger partial charge on any atom is -0.140 e. The molecule has 0 aliphatic heterocycles. The van der Waals surface area contributed by atoms with Crippen molar-refractivity contribution in [1.82, 2.24) is 0 Å². The lowest BCUT2D eigenvalue weighted by Gasteiger charge is -2.27. The fourth-order valence-corrected chi connectivity index (χ4v) is 0.919. The highest BCUT2D eigenvalue weighted by molar-refractivity contribution is 7.48. The van der Waals surface area contributed by atoms with E-state index < -0.39 is 6.69 Å². The molecule has 0 radical (unpaired) electrons. The Hall–Kier alpha value is 0.537. The first-order chi connectivity index (χ1) is 3.81. The van der Waals surface area contributed by atoms with Crippen LogP contribution in [0.25, 0.3) is 0 Å². The van der Waals surface area contributed by atoms with E-state index in [9.17, 15) is 0 Å². The molecule has 0 spiro atoms. The fraction of sp³-hybridized carbons (Fsp3) is 0.667. The van der Waals surface area contributed by atoms with Gasteiger partial charge in [-0.1, -0.05) is 26.5 Å². The summed E-state index contributed by atoms with van der Waals surface area (Å²) in [6.07, 6.45) is 0. The molecule has 0 nitrogen and oxygen atoms in total. The van der Waals surface area contributed by atoms with E-state index in [0.29, 0.717) is 0 Å². The van der Waals surface area contributed by atoms with Gasteiger partial charge in [-0.2, -0.15) is 0 Å². The lowest BCUT2D eigenvalue weighted by Crippen LogP contribution is -2.29. The van der Waals surface area contributed by atoms with E-state index in [1.54, 1.807) is 5.70 Å². The normalized spacial score (nSPS) is 13.4. The summed E-state index contributed by atoms with van der Waals surface area (Å²) in [5.41, 5.74) is 1.69. The van der Waals surface area contributed by atoms with Gasteiger partial charge in [0.1, 0.15) is 0 Å². The van der Waals surface area contributed by atoms with Crippen molar-refractivity contribution in [1.29, 1.82) is 0 Å². The third-order valence-corrected chi connectivity index (χ3v) is 8.10. The van der Waals surface area contributed by atoms with Crippen LogP contribution in [0.1, 0.15) is 20.8 Å². The molecule has 0 heterocycles. The first-order valence-electron chi connectivity index (χ1n) is 2.82. The maximum Gasteiger partial charge on any atom is 0.278 e. The Morgan fingerprint density at radius 2 is 1.67 bits per heavy atom. The number of rotatable bonds is 1. The third-order valence-electron chi connectivity index (χ3n) is 1.26. The molecule has 0 rings (SSSR count). The van der Waals surface area contributed by atoms with Crippen molar-refractivity contribution in [2.75, 3.05) is 0 Å². The van der Waals surface area contributed by atoms with Crippen LogP contribution in [0.4, 0.5) is 0 Å². The van der Waals surface area contributed by atoms with E-state index in [4.69, 9.17) is 22.2 Å². The van der Waals surface area contributed by atoms with Crippen LogP contribution in [-0.2, 0) is 0 Å². The van der Waals surface area contributed by atoms with Crippen molar-refractivity contribution in [3.63, 3.8) is 0 Å². The van der Waals surface area contributed by atoms with E-state index in [0.717, 1.165) is 0 Å². The van der Waals surface area contributed by atoms with Crippen molar-refractivity contribution in [2.24, 2.45) is 0 Å². The molecule has 0 aromatic rings. The summed E-state index contributed by atoms with van der Waals surface area (Å²) < 4.78 is 0. The lowest BCUT2D eigenvalue weighted by molar-refractivity contribution is 0.749. The van der Waals surface area contributed by atoms with Crippen LogP contribution in [0, 0.1) is 0 Å². The second-order valence-corrected chi connectivity index (χ2v) is 10.4. The van der Waals surface area contributed by atoms with Gasteiger partial charge in [0.25, 0.3) is 6.69 Å². The second kappa shape index (κ2) is 2.65. The molecule has 0 saturated heterocycles. The molecule has 9 heavy (non-hydrogen) atoms. The molecule has 0 aromatic heterocycles. The Bertz CT molecular complexity index is 113. The highest BCUT2D eigenvalue weighted by atomic mass is 35.7. The fourth-order valence-electron chi connectivity index (χ4n) is 0.306. The molecule has 0 amide bonds. The Morgan fingerprint density at radius 1 is 1.33 bits per heavy atom. The van der Waals surface area contributed by atoms with Crippen LogP contribution in [0.5, 0.6) is 0 Å². The summed E-state index contributed by atoms with van der Waals surface area (Å²) in [6.45, 7) is 7.51. The van der Waals surface area contributed by atoms with E-state index in [2.05, 4.69) is 6.58 Å². The van der Waals surface area contributed by atoms with Gasteiger partial charge in [-0.25, -0.2) is 0 Å². The zero-order chi connectivity index (χ0) is 7.71. The monoisotopic (exact) mass is 182 g/mol. The van der Waals surface area contributed by atoms with Crippen molar-refractivity contribution < 1.29 is 0 Å². The minimum absolute atomic E-state index is 0.00212. The molecule has 0 fully saturated rings. The van der Waals surface area contributed by atoms with Crippen molar-refractivity contribution >= 4 is 28.9 Å². The standard InChI is InChI=1S/C6H12Cl2Si/c1-5-9(7,8)6(2,3)4/h5H,1H2,2-4H3. The highest BCUT2D eigenvalue weighted by Gasteiger charge is 2.38. The molecule has 0 bridgehead atoms. The first kappa shape index (κ1) is 9.54. The average Bonchev–Trinajstić information content (AvgIpc) is 1.64. The molecule has 0 unspecified atom stereocenters. The smallest absolute Gasteiger partial charge is 0.140 e. The molecular weight excluding hydrogens is 171 g/mol. The summed E-state index contributed by atoms with van der Waals surface area (Å²) >= 11 is 12.0. The lowest BCUT2D eigenvalue weighted by atomic mass is 10.3. The van der Waals surface area contributed by atoms with Crippen LogP contribution in [-0.4, -0.2) is 6.69 Å². The van der Waals surface area contributed by atoms with Gasteiger partial charge in [0, 0.05) is 0 Å². The van der Waals surface area contributed by atoms with E-state index in [1.165, 1.54) is 0 Å². The van der Waals surface area contributed by atoms with Crippen LogP contribution in [0.3, 0.4) is 0 Å². The van der Waals surface area contributed by atoms with Crippen molar-refractivity contribution in [2.45, 2.75) is 25.8 Å². The molecule has 0 saturated carbocycles. The van der Waals surface area contributed by atoms with Gasteiger partial charge < -0.3 is 0 Å². The van der Waals surface area contributed by atoms with Crippen LogP contribution in [0.2, 0.25) is 5.04 Å². The second-order valence-electron chi connectivity index (χ2n) is 3.08. The maximum absolute atomic E-state index is 5.98. The first-order valence-corrected chi connectivity index (χ1v) is 6.93. The molecule has 0 aliphatic carbocycles. The van der Waals surface area contributed by atoms with Gasteiger partial charge in [0.2, 0.25) is 0 Å². The van der Waals surface area contributed by atoms with Gasteiger partial charge in [0.15, 0.2) is 0 Å². The predicted molar refractivity (Wildman–Crippen MR) is 47.4 cm³/mol. The van der Waals surface area contributed by atoms with Gasteiger partial charge in [-0.15, -0.1) is 28.7 Å².